The second-order valence-electron chi connectivity index (χ2n) is 7.06. The van der Waals surface area contributed by atoms with E-state index in [0.717, 1.165) is 5.56 Å². The zero-order valence-corrected chi connectivity index (χ0v) is 18.4. The van der Waals surface area contributed by atoms with Crippen LogP contribution in [-0.2, 0) is 20.0 Å². The van der Waals surface area contributed by atoms with Gasteiger partial charge in [0.2, 0.25) is 0 Å². The van der Waals surface area contributed by atoms with Gasteiger partial charge in [-0.1, -0.05) is 17.7 Å². The molecule has 0 saturated heterocycles. The molecule has 0 unspecified atom stereocenters. The lowest BCUT2D eigenvalue weighted by Crippen LogP contribution is -2.14. The molecule has 0 aliphatic carbocycles. The first-order valence-electron chi connectivity index (χ1n) is 9.39. The lowest BCUT2D eigenvalue weighted by molar-refractivity contribution is 0.560. The SMILES string of the molecule is Cc1ccc(NS(=O)(=O)c2ccc(NS(=O)(=O)c3ccc4oc(=O)ccc4c3)cc2)cc1. The highest BCUT2D eigenvalue weighted by Gasteiger charge is 2.17. The number of rotatable bonds is 6. The molecule has 0 bridgehead atoms. The van der Waals surface area contributed by atoms with E-state index >= 15 is 0 Å². The van der Waals surface area contributed by atoms with Gasteiger partial charge in [-0.3, -0.25) is 9.44 Å². The molecule has 0 fully saturated rings. The van der Waals surface area contributed by atoms with Crippen molar-refractivity contribution in [3.8, 4) is 0 Å². The Morgan fingerprint density at radius 2 is 1.19 bits per heavy atom. The first kappa shape index (κ1) is 21.6. The maximum Gasteiger partial charge on any atom is 0.336 e. The van der Waals surface area contributed by atoms with Crippen LogP contribution in [0.25, 0.3) is 11.0 Å². The van der Waals surface area contributed by atoms with Crippen LogP contribution in [-0.4, -0.2) is 16.8 Å². The molecule has 3 aromatic carbocycles. The number of hydrogen-bond donors (Lipinski definition) is 2. The average molecular weight is 471 g/mol. The van der Waals surface area contributed by atoms with Crippen molar-refractivity contribution >= 4 is 42.4 Å². The van der Waals surface area contributed by atoms with Crippen LogP contribution in [0.2, 0.25) is 0 Å². The van der Waals surface area contributed by atoms with Gasteiger partial charge in [-0.25, -0.2) is 21.6 Å². The van der Waals surface area contributed by atoms with E-state index in [4.69, 9.17) is 4.42 Å². The van der Waals surface area contributed by atoms with Gasteiger partial charge >= 0.3 is 5.63 Å². The van der Waals surface area contributed by atoms with Crippen molar-refractivity contribution in [2.75, 3.05) is 9.44 Å². The first-order valence-corrected chi connectivity index (χ1v) is 12.4. The predicted molar refractivity (Wildman–Crippen MR) is 122 cm³/mol. The first-order chi connectivity index (χ1) is 15.1. The van der Waals surface area contributed by atoms with Crippen molar-refractivity contribution in [3.63, 3.8) is 0 Å². The van der Waals surface area contributed by atoms with Gasteiger partial charge in [0.05, 0.1) is 9.79 Å². The van der Waals surface area contributed by atoms with E-state index < -0.39 is 25.7 Å². The molecule has 32 heavy (non-hydrogen) atoms. The highest BCUT2D eigenvalue weighted by molar-refractivity contribution is 7.93. The number of fused-ring (bicyclic) bond motifs is 1. The molecule has 164 valence electrons. The maximum absolute atomic E-state index is 12.7. The Morgan fingerprint density at radius 3 is 1.81 bits per heavy atom. The monoisotopic (exact) mass is 470 g/mol. The molecule has 1 aromatic heterocycles. The van der Waals surface area contributed by atoms with Crippen molar-refractivity contribution in [1.29, 1.82) is 0 Å². The van der Waals surface area contributed by atoms with Crippen molar-refractivity contribution in [3.05, 3.63) is 94.8 Å². The van der Waals surface area contributed by atoms with Crippen LogP contribution < -0.4 is 15.1 Å². The number of hydrogen-bond acceptors (Lipinski definition) is 6. The third-order valence-electron chi connectivity index (χ3n) is 4.62. The van der Waals surface area contributed by atoms with Crippen LogP contribution in [0.15, 0.2) is 97.9 Å². The second-order valence-corrected chi connectivity index (χ2v) is 10.4. The fourth-order valence-corrected chi connectivity index (χ4v) is 5.12. The number of sulfonamides is 2. The Labute approximate surface area is 184 Å². The molecule has 1 heterocycles. The summed E-state index contributed by atoms with van der Waals surface area (Å²) in [6.45, 7) is 1.90. The largest absolute Gasteiger partial charge is 0.423 e. The number of benzene rings is 3. The van der Waals surface area contributed by atoms with Crippen LogP contribution in [0.3, 0.4) is 0 Å². The van der Waals surface area contributed by atoms with Gasteiger partial charge in [0.15, 0.2) is 0 Å². The van der Waals surface area contributed by atoms with E-state index in [1.54, 1.807) is 24.3 Å². The van der Waals surface area contributed by atoms with Crippen LogP contribution in [0.5, 0.6) is 0 Å². The summed E-state index contributed by atoms with van der Waals surface area (Å²) in [5.74, 6) is 0. The van der Waals surface area contributed by atoms with Crippen molar-refractivity contribution in [2.45, 2.75) is 16.7 Å². The van der Waals surface area contributed by atoms with Gasteiger partial charge in [-0.2, -0.15) is 0 Å². The fourth-order valence-electron chi connectivity index (χ4n) is 2.97. The zero-order chi connectivity index (χ0) is 22.9. The van der Waals surface area contributed by atoms with E-state index in [1.807, 2.05) is 6.92 Å². The van der Waals surface area contributed by atoms with Crippen LogP contribution in [0, 0.1) is 6.92 Å². The summed E-state index contributed by atoms with van der Waals surface area (Å²) in [7, 11) is -7.78. The minimum absolute atomic E-state index is 0.0123. The lowest BCUT2D eigenvalue weighted by atomic mass is 10.2. The molecule has 0 amide bonds. The minimum Gasteiger partial charge on any atom is -0.423 e. The minimum atomic E-state index is -3.95. The number of nitrogens with one attached hydrogen (secondary N) is 2. The quantitative estimate of drug-likeness (QED) is 0.414. The highest BCUT2D eigenvalue weighted by atomic mass is 32.2. The Hall–Kier alpha value is -3.63. The third-order valence-corrected chi connectivity index (χ3v) is 7.40. The van der Waals surface area contributed by atoms with Gasteiger partial charge in [-0.05, 0) is 67.6 Å². The van der Waals surface area contributed by atoms with E-state index in [0.29, 0.717) is 11.1 Å². The molecular weight excluding hydrogens is 452 g/mol. The summed E-state index contributed by atoms with van der Waals surface area (Å²) in [5, 5.41) is 0.455. The predicted octanol–water partition coefficient (Wildman–Crippen LogP) is 3.70. The van der Waals surface area contributed by atoms with Crippen LogP contribution in [0.4, 0.5) is 11.4 Å². The van der Waals surface area contributed by atoms with Gasteiger partial charge < -0.3 is 4.42 Å². The van der Waals surface area contributed by atoms with E-state index in [-0.39, 0.29) is 21.1 Å². The van der Waals surface area contributed by atoms with Crippen LogP contribution >= 0.6 is 0 Å². The standard InChI is InChI=1S/C22H18N2O6S2/c1-15-2-5-17(6-3-15)23-31(26,27)19-9-7-18(8-10-19)24-32(28,29)20-11-12-21-16(14-20)4-13-22(25)30-21/h2-14,23-24H,1H3. The molecule has 0 atom stereocenters. The van der Waals surface area contributed by atoms with Crippen molar-refractivity contribution in [2.24, 2.45) is 0 Å². The molecule has 0 aliphatic rings. The van der Waals surface area contributed by atoms with Gasteiger partial charge in [0.1, 0.15) is 5.58 Å². The summed E-state index contributed by atoms with van der Waals surface area (Å²) in [4.78, 5) is 11.2. The van der Waals surface area contributed by atoms with E-state index in [1.165, 1.54) is 54.6 Å². The lowest BCUT2D eigenvalue weighted by Gasteiger charge is -2.11. The molecular formula is C22H18N2O6S2. The van der Waals surface area contributed by atoms with Crippen molar-refractivity contribution < 1.29 is 21.3 Å². The van der Waals surface area contributed by atoms with E-state index in [9.17, 15) is 21.6 Å². The smallest absolute Gasteiger partial charge is 0.336 e. The Kier molecular flexibility index (Phi) is 5.49. The zero-order valence-electron chi connectivity index (χ0n) is 16.8. The van der Waals surface area contributed by atoms with Crippen LogP contribution in [0.1, 0.15) is 5.56 Å². The Morgan fingerprint density at radius 1 is 0.656 bits per heavy atom. The van der Waals surface area contributed by atoms with Crippen molar-refractivity contribution in [1.82, 2.24) is 0 Å². The molecule has 0 saturated carbocycles. The number of aryl methyl sites for hydroxylation is 1. The molecule has 10 heteroatoms. The topological polar surface area (TPSA) is 123 Å². The molecule has 0 aliphatic heterocycles. The van der Waals surface area contributed by atoms with E-state index in [2.05, 4.69) is 9.44 Å². The van der Waals surface area contributed by atoms with Gasteiger partial charge in [-0.15, -0.1) is 0 Å². The Balaban J connectivity index is 1.54. The molecule has 4 aromatic rings. The molecule has 8 nitrogen and oxygen atoms in total. The normalized spacial score (nSPS) is 11.9. The summed E-state index contributed by atoms with van der Waals surface area (Å²) < 4.78 is 60.5. The molecule has 0 spiro atoms. The highest BCUT2D eigenvalue weighted by Crippen LogP contribution is 2.23. The third kappa shape index (κ3) is 4.66. The van der Waals surface area contributed by atoms with Gasteiger partial charge in [0, 0.05) is 22.8 Å². The fraction of sp³-hybridized carbons (Fsp3) is 0.0455. The summed E-state index contributed by atoms with van der Waals surface area (Å²) in [6, 6.07) is 19.0. The maximum atomic E-state index is 12.7. The number of anilines is 2. The molecule has 4 rings (SSSR count). The Bertz CT molecular complexity index is 1560. The summed E-state index contributed by atoms with van der Waals surface area (Å²) >= 11 is 0. The van der Waals surface area contributed by atoms with Gasteiger partial charge in [0.25, 0.3) is 20.0 Å². The molecule has 0 radical (unpaired) electrons. The summed E-state index contributed by atoms with van der Waals surface area (Å²) in [6.07, 6.45) is 0. The average Bonchev–Trinajstić information content (AvgIpc) is 2.75. The second kappa shape index (κ2) is 8.13. The molecule has 2 N–H and O–H groups in total. The summed E-state index contributed by atoms with van der Waals surface area (Å²) in [5.41, 5.74) is 1.36.